The van der Waals surface area contributed by atoms with Crippen molar-refractivity contribution in [1.29, 1.82) is 5.26 Å². The Balaban J connectivity index is 2.08. The number of nitrogens with zero attached hydrogens (tertiary/aromatic N) is 2. The summed E-state index contributed by atoms with van der Waals surface area (Å²) in [5.74, 6) is 0.0211. The van der Waals surface area contributed by atoms with Crippen molar-refractivity contribution in [2.24, 2.45) is 5.92 Å². The molecule has 0 saturated carbocycles. The highest BCUT2D eigenvalue weighted by atomic mass is 35.5. The number of benzene rings is 1. The summed E-state index contributed by atoms with van der Waals surface area (Å²) in [5, 5.41) is 9.64. The lowest BCUT2D eigenvalue weighted by Gasteiger charge is -2.29. The third kappa shape index (κ3) is 2.77. The van der Waals surface area contributed by atoms with Gasteiger partial charge < -0.3 is 4.90 Å². The van der Waals surface area contributed by atoms with Crippen LogP contribution >= 0.6 is 23.2 Å². The second-order valence-electron chi connectivity index (χ2n) is 4.32. The number of carbonyl (C=O) groups is 1. The molecule has 0 atom stereocenters. The Hall–Kier alpha value is -1.24. The summed E-state index contributed by atoms with van der Waals surface area (Å²) in [6, 6.07) is 7.13. The number of halogens is 2. The van der Waals surface area contributed by atoms with Gasteiger partial charge in [0.1, 0.15) is 0 Å². The number of hydrogen-bond donors (Lipinski definition) is 0. The van der Waals surface area contributed by atoms with Crippen molar-refractivity contribution in [1.82, 2.24) is 4.90 Å². The minimum Gasteiger partial charge on any atom is -0.339 e. The van der Waals surface area contributed by atoms with Crippen molar-refractivity contribution in [3.05, 3.63) is 33.8 Å². The van der Waals surface area contributed by atoms with E-state index in [0.29, 0.717) is 28.7 Å². The first kappa shape index (κ1) is 13.2. The van der Waals surface area contributed by atoms with E-state index in [1.165, 1.54) is 0 Å². The van der Waals surface area contributed by atoms with Crippen molar-refractivity contribution >= 4 is 29.1 Å². The van der Waals surface area contributed by atoms with E-state index in [0.717, 1.165) is 12.8 Å². The lowest BCUT2D eigenvalue weighted by molar-refractivity contribution is 0.0707. The van der Waals surface area contributed by atoms with Crippen LogP contribution in [0.3, 0.4) is 0 Å². The minimum absolute atomic E-state index is 0.0510. The van der Waals surface area contributed by atoms with E-state index >= 15 is 0 Å². The molecule has 1 fully saturated rings. The molecule has 0 unspecified atom stereocenters. The van der Waals surface area contributed by atoms with E-state index in [4.69, 9.17) is 28.5 Å². The van der Waals surface area contributed by atoms with Crippen molar-refractivity contribution < 1.29 is 4.79 Å². The Morgan fingerprint density at radius 2 is 1.94 bits per heavy atom. The predicted octanol–water partition coefficient (Wildman–Crippen LogP) is 3.37. The first-order valence-electron chi connectivity index (χ1n) is 5.75. The van der Waals surface area contributed by atoms with Crippen molar-refractivity contribution in [3.63, 3.8) is 0 Å². The summed E-state index contributed by atoms with van der Waals surface area (Å²) in [6.07, 6.45) is 1.48. The number of carbonyl (C=O) groups excluding carboxylic acids is 1. The van der Waals surface area contributed by atoms with Crippen LogP contribution in [0.4, 0.5) is 0 Å². The standard InChI is InChI=1S/C13H12Cl2N2O/c14-11-2-1-10(7-12(11)15)13(18)17-5-3-9(8-16)4-6-17/h1-2,7,9H,3-6H2. The maximum Gasteiger partial charge on any atom is 0.253 e. The summed E-state index contributed by atoms with van der Waals surface area (Å²) < 4.78 is 0. The molecule has 94 valence electrons. The lowest BCUT2D eigenvalue weighted by Crippen LogP contribution is -2.38. The van der Waals surface area contributed by atoms with Crippen LogP contribution in [0.2, 0.25) is 10.0 Å². The van der Waals surface area contributed by atoms with Crippen LogP contribution in [-0.4, -0.2) is 23.9 Å². The van der Waals surface area contributed by atoms with Gasteiger partial charge in [0.2, 0.25) is 0 Å². The van der Waals surface area contributed by atoms with Crippen LogP contribution in [0.1, 0.15) is 23.2 Å². The summed E-state index contributed by atoms with van der Waals surface area (Å²) in [5.41, 5.74) is 0.541. The molecule has 0 N–H and O–H groups in total. The average Bonchev–Trinajstić information content (AvgIpc) is 2.41. The quantitative estimate of drug-likeness (QED) is 0.793. The zero-order valence-electron chi connectivity index (χ0n) is 9.70. The minimum atomic E-state index is -0.0510. The molecule has 2 rings (SSSR count). The number of piperidine rings is 1. The monoisotopic (exact) mass is 282 g/mol. The number of hydrogen-bond acceptors (Lipinski definition) is 2. The van der Waals surface area contributed by atoms with Gasteiger partial charge in [0.05, 0.1) is 16.1 Å². The molecule has 0 bridgehead atoms. The number of rotatable bonds is 1. The van der Waals surface area contributed by atoms with E-state index in [1.54, 1.807) is 23.1 Å². The zero-order valence-corrected chi connectivity index (χ0v) is 11.2. The van der Waals surface area contributed by atoms with Gasteiger partial charge in [-0.3, -0.25) is 4.79 Å². The summed E-state index contributed by atoms with van der Waals surface area (Å²) >= 11 is 11.7. The largest absolute Gasteiger partial charge is 0.339 e. The molecule has 0 radical (unpaired) electrons. The molecule has 3 nitrogen and oxygen atoms in total. The SMILES string of the molecule is N#CC1CCN(C(=O)c2ccc(Cl)c(Cl)c2)CC1. The normalized spacial score (nSPS) is 16.4. The van der Waals surface area contributed by atoms with Gasteiger partial charge in [0.15, 0.2) is 0 Å². The van der Waals surface area contributed by atoms with Crippen molar-refractivity contribution in [3.8, 4) is 6.07 Å². The number of nitriles is 1. The molecule has 1 amide bonds. The highest BCUT2D eigenvalue weighted by molar-refractivity contribution is 6.42. The smallest absolute Gasteiger partial charge is 0.253 e. The third-order valence-electron chi connectivity index (χ3n) is 3.13. The van der Waals surface area contributed by atoms with E-state index in [2.05, 4.69) is 6.07 Å². The Morgan fingerprint density at radius 3 is 2.50 bits per heavy atom. The Morgan fingerprint density at radius 1 is 1.28 bits per heavy atom. The fourth-order valence-electron chi connectivity index (χ4n) is 2.02. The van der Waals surface area contributed by atoms with Crippen molar-refractivity contribution in [2.45, 2.75) is 12.8 Å². The van der Waals surface area contributed by atoms with Crippen LogP contribution in [0, 0.1) is 17.2 Å². The summed E-state index contributed by atoms with van der Waals surface area (Å²) in [6.45, 7) is 1.24. The molecule has 1 aromatic rings. The van der Waals surface area contributed by atoms with E-state index in [9.17, 15) is 4.79 Å². The van der Waals surface area contributed by atoms with Gasteiger partial charge >= 0.3 is 0 Å². The molecule has 1 aromatic carbocycles. The molecule has 0 spiro atoms. The zero-order chi connectivity index (χ0) is 13.1. The predicted molar refractivity (Wildman–Crippen MR) is 70.7 cm³/mol. The highest BCUT2D eigenvalue weighted by Crippen LogP contribution is 2.24. The molecular weight excluding hydrogens is 271 g/mol. The van der Waals surface area contributed by atoms with Gasteiger partial charge in [0, 0.05) is 24.6 Å². The molecule has 1 heterocycles. The molecule has 1 aliphatic rings. The third-order valence-corrected chi connectivity index (χ3v) is 3.87. The fraction of sp³-hybridized carbons (Fsp3) is 0.385. The Bertz CT molecular complexity index is 502. The van der Waals surface area contributed by atoms with Crippen LogP contribution in [0.25, 0.3) is 0 Å². The molecule has 0 aliphatic carbocycles. The van der Waals surface area contributed by atoms with Crippen LogP contribution in [0.5, 0.6) is 0 Å². The summed E-state index contributed by atoms with van der Waals surface area (Å²) in [4.78, 5) is 14.0. The lowest BCUT2D eigenvalue weighted by atomic mass is 9.98. The molecule has 1 saturated heterocycles. The molecule has 5 heteroatoms. The van der Waals surface area contributed by atoms with Crippen LogP contribution < -0.4 is 0 Å². The maximum absolute atomic E-state index is 12.2. The first-order valence-corrected chi connectivity index (χ1v) is 6.51. The fourth-order valence-corrected chi connectivity index (χ4v) is 2.32. The highest BCUT2D eigenvalue weighted by Gasteiger charge is 2.23. The van der Waals surface area contributed by atoms with E-state index in [-0.39, 0.29) is 11.8 Å². The van der Waals surface area contributed by atoms with Gasteiger partial charge in [-0.15, -0.1) is 0 Å². The van der Waals surface area contributed by atoms with E-state index in [1.807, 2.05) is 0 Å². The summed E-state index contributed by atoms with van der Waals surface area (Å²) in [7, 11) is 0. The number of amides is 1. The van der Waals surface area contributed by atoms with Gasteiger partial charge in [-0.05, 0) is 31.0 Å². The average molecular weight is 283 g/mol. The van der Waals surface area contributed by atoms with E-state index < -0.39 is 0 Å². The molecule has 18 heavy (non-hydrogen) atoms. The number of likely N-dealkylation sites (tertiary alicyclic amines) is 1. The second kappa shape index (κ2) is 5.60. The molecule has 0 aromatic heterocycles. The molecule has 1 aliphatic heterocycles. The second-order valence-corrected chi connectivity index (χ2v) is 5.14. The van der Waals surface area contributed by atoms with Gasteiger partial charge in [0.25, 0.3) is 5.91 Å². The topological polar surface area (TPSA) is 44.1 Å². The van der Waals surface area contributed by atoms with Crippen LogP contribution in [-0.2, 0) is 0 Å². The van der Waals surface area contributed by atoms with Gasteiger partial charge in [-0.1, -0.05) is 23.2 Å². The van der Waals surface area contributed by atoms with Gasteiger partial charge in [-0.2, -0.15) is 5.26 Å². The maximum atomic E-state index is 12.2. The van der Waals surface area contributed by atoms with Crippen molar-refractivity contribution in [2.75, 3.05) is 13.1 Å². The van der Waals surface area contributed by atoms with Gasteiger partial charge in [-0.25, -0.2) is 0 Å². The first-order chi connectivity index (χ1) is 8.61. The van der Waals surface area contributed by atoms with Crippen LogP contribution in [0.15, 0.2) is 18.2 Å². The Kier molecular flexibility index (Phi) is 4.11. The Labute approximate surface area is 116 Å². The molecular formula is C13H12Cl2N2O.